The number of thiazole rings is 1. The zero-order valence-corrected chi connectivity index (χ0v) is 20.8. The van der Waals surface area contributed by atoms with E-state index in [9.17, 15) is 13.2 Å². The van der Waals surface area contributed by atoms with E-state index in [4.69, 9.17) is 0 Å². The SMILES string of the molecule is C=CCn1c(=NC(=O)c2ccc(NS(=O)(=O)c3ccc(C)cc3)cc2)sc2cc(C)c(C)cc21. The van der Waals surface area contributed by atoms with Crippen molar-refractivity contribution in [1.82, 2.24) is 4.57 Å². The maximum Gasteiger partial charge on any atom is 0.279 e. The van der Waals surface area contributed by atoms with Crippen LogP contribution in [0.15, 0.2) is 83.2 Å². The molecular formula is C26H25N3O3S2. The largest absolute Gasteiger partial charge is 0.312 e. The number of aromatic nitrogens is 1. The fraction of sp³-hybridized carbons (Fsp3) is 0.154. The summed E-state index contributed by atoms with van der Waals surface area (Å²) < 4.78 is 30.8. The van der Waals surface area contributed by atoms with E-state index in [1.807, 2.05) is 11.5 Å². The number of hydrogen-bond acceptors (Lipinski definition) is 4. The van der Waals surface area contributed by atoms with Crippen molar-refractivity contribution in [2.24, 2.45) is 4.99 Å². The highest BCUT2D eigenvalue weighted by atomic mass is 32.2. The number of rotatable bonds is 6. The number of fused-ring (bicyclic) bond motifs is 1. The van der Waals surface area contributed by atoms with Crippen LogP contribution in [0.1, 0.15) is 27.0 Å². The van der Waals surface area contributed by atoms with Crippen molar-refractivity contribution in [2.45, 2.75) is 32.2 Å². The van der Waals surface area contributed by atoms with E-state index in [2.05, 4.69) is 42.3 Å². The Bertz CT molecular complexity index is 1560. The van der Waals surface area contributed by atoms with Crippen molar-refractivity contribution in [3.05, 3.63) is 100 Å². The van der Waals surface area contributed by atoms with Gasteiger partial charge >= 0.3 is 0 Å². The third-order valence-corrected chi connectivity index (χ3v) is 7.96. The molecule has 34 heavy (non-hydrogen) atoms. The second-order valence-corrected chi connectivity index (χ2v) is 10.8. The fourth-order valence-electron chi connectivity index (χ4n) is 3.48. The first-order chi connectivity index (χ1) is 16.2. The van der Waals surface area contributed by atoms with Crippen molar-refractivity contribution in [3.63, 3.8) is 0 Å². The Morgan fingerprint density at radius 1 is 1.03 bits per heavy atom. The molecule has 0 spiro atoms. The summed E-state index contributed by atoms with van der Waals surface area (Å²) in [4.78, 5) is 18.0. The molecule has 0 aliphatic heterocycles. The quantitative estimate of drug-likeness (QED) is 0.369. The van der Waals surface area contributed by atoms with Gasteiger partial charge in [-0.05, 0) is 80.4 Å². The minimum Gasteiger partial charge on any atom is -0.312 e. The number of benzene rings is 3. The molecular weight excluding hydrogens is 466 g/mol. The third-order valence-electron chi connectivity index (χ3n) is 5.52. The van der Waals surface area contributed by atoms with Crippen LogP contribution in [0.5, 0.6) is 0 Å². The van der Waals surface area contributed by atoms with Gasteiger partial charge in [0.2, 0.25) is 0 Å². The molecule has 0 unspecified atom stereocenters. The van der Waals surface area contributed by atoms with Crippen LogP contribution >= 0.6 is 11.3 Å². The number of amides is 1. The van der Waals surface area contributed by atoms with E-state index in [1.54, 1.807) is 54.6 Å². The van der Waals surface area contributed by atoms with Gasteiger partial charge < -0.3 is 4.57 Å². The zero-order valence-electron chi connectivity index (χ0n) is 19.2. The summed E-state index contributed by atoms with van der Waals surface area (Å²) >= 11 is 1.46. The lowest BCUT2D eigenvalue weighted by Gasteiger charge is -2.08. The first-order valence-electron chi connectivity index (χ1n) is 10.7. The van der Waals surface area contributed by atoms with Crippen molar-refractivity contribution < 1.29 is 13.2 Å². The highest BCUT2D eigenvalue weighted by Gasteiger charge is 2.15. The summed E-state index contributed by atoms with van der Waals surface area (Å²) in [6, 6.07) is 17.1. The Kier molecular flexibility index (Phi) is 6.54. The number of sulfonamides is 1. The predicted molar refractivity (Wildman–Crippen MR) is 138 cm³/mol. The van der Waals surface area contributed by atoms with Crippen molar-refractivity contribution in [3.8, 4) is 0 Å². The van der Waals surface area contributed by atoms with Gasteiger partial charge in [0.1, 0.15) is 0 Å². The minimum atomic E-state index is -3.72. The lowest BCUT2D eigenvalue weighted by molar-refractivity contribution is 0.0998. The number of anilines is 1. The number of carbonyl (C=O) groups excluding carboxylic acids is 1. The molecule has 1 heterocycles. The number of allylic oxidation sites excluding steroid dienone is 1. The molecule has 0 fully saturated rings. The number of hydrogen-bond donors (Lipinski definition) is 1. The van der Waals surface area contributed by atoms with Crippen LogP contribution in [-0.2, 0) is 16.6 Å². The monoisotopic (exact) mass is 491 g/mol. The van der Waals surface area contributed by atoms with Gasteiger partial charge in [-0.3, -0.25) is 9.52 Å². The topological polar surface area (TPSA) is 80.5 Å². The highest BCUT2D eigenvalue weighted by Crippen LogP contribution is 2.22. The van der Waals surface area contributed by atoms with Gasteiger partial charge in [-0.2, -0.15) is 4.99 Å². The normalized spacial score (nSPS) is 12.1. The Morgan fingerprint density at radius 2 is 1.68 bits per heavy atom. The van der Waals surface area contributed by atoms with Crippen LogP contribution in [0.3, 0.4) is 0 Å². The third kappa shape index (κ3) is 4.88. The number of nitrogens with zero attached hydrogens (tertiary/aromatic N) is 2. The lowest BCUT2D eigenvalue weighted by Crippen LogP contribution is -2.16. The number of carbonyl (C=O) groups is 1. The molecule has 1 aromatic heterocycles. The molecule has 0 saturated carbocycles. The Hall–Kier alpha value is -3.49. The second kappa shape index (κ2) is 9.40. The van der Waals surface area contributed by atoms with Gasteiger partial charge in [-0.25, -0.2) is 8.42 Å². The van der Waals surface area contributed by atoms with Gasteiger partial charge in [0.25, 0.3) is 15.9 Å². The first kappa shape index (κ1) is 23.7. The van der Waals surface area contributed by atoms with E-state index in [0.717, 1.165) is 15.8 Å². The average molecular weight is 492 g/mol. The van der Waals surface area contributed by atoms with Gasteiger partial charge in [0.05, 0.1) is 15.1 Å². The fourth-order valence-corrected chi connectivity index (χ4v) is 5.65. The van der Waals surface area contributed by atoms with Crippen LogP contribution < -0.4 is 9.52 Å². The van der Waals surface area contributed by atoms with Gasteiger partial charge in [0, 0.05) is 17.8 Å². The Labute approximate surface area is 203 Å². The molecule has 1 N–H and O–H groups in total. The standard InChI is InChI=1S/C26H25N3O3S2/c1-5-14-29-23-15-18(3)19(4)16-24(23)33-26(29)27-25(30)20-8-10-21(11-9-20)28-34(31,32)22-12-6-17(2)7-13-22/h5-13,15-16,28H,1,14H2,2-4H3. The molecule has 1 amide bonds. The maximum absolute atomic E-state index is 12.9. The van der Waals surface area contributed by atoms with Crippen LogP contribution in [0.4, 0.5) is 5.69 Å². The van der Waals surface area contributed by atoms with Gasteiger partial charge in [0.15, 0.2) is 4.80 Å². The van der Waals surface area contributed by atoms with Gasteiger partial charge in [-0.15, -0.1) is 6.58 Å². The molecule has 174 valence electrons. The summed E-state index contributed by atoms with van der Waals surface area (Å²) in [5.74, 6) is -0.397. The summed E-state index contributed by atoms with van der Waals surface area (Å²) in [5.41, 5.74) is 5.08. The summed E-state index contributed by atoms with van der Waals surface area (Å²) in [5, 5.41) is 0. The molecule has 4 aromatic rings. The van der Waals surface area contributed by atoms with Gasteiger partial charge in [-0.1, -0.05) is 35.1 Å². The smallest absolute Gasteiger partial charge is 0.279 e. The van der Waals surface area contributed by atoms with Crippen LogP contribution in [0, 0.1) is 20.8 Å². The second-order valence-electron chi connectivity index (χ2n) is 8.10. The number of nitrogens with one attached hydrogen (secondary N) is 1. The molecule has 8 heteroatoms. The first-order valence-corrected chi connectivity index (χ1v) is 13.0. The molecule has 3 aromatic carbocycles. The van der Waals surface area contributed by atoms with E-state index >= 15 is 0 Å². The van der Waals surface area contributed by atoms with Crippen molar-refractivity contribution in [1.29, 1.82) is 0 Å². The van der Waals surface area contributed by atoms with Crippen LogP contribution in [0.2, 0.25) is 0 Å². The lowest BCUT2D eigenvalue weighted by atomic mass is 10.1. The summed E-state index contributed by atoms with van der Waals surface area (Å²) in [6.45, 7) is 10.4. The highest BCUT2D eigenvalue weighted by molar-refractivity contribution is 7.92. The molecule has 4 rings (SSSR count). The molecule has 0 radical (unpaired) electrons. The van der Waals surface area contributed by atoms with E-state index in [-0.39, 0.29) is 4.90 Å². The summed E-state index contributed by atoms with van der Waals surface area (Å²) in [7, 11) is -3.72. The molecule has 6 nitrogen and oxygen atoms in total. The van der Waals surface area contributed by atoms with Crippen LogP contribution in [-0.4, -0.2) is 18.9 Å². The van der Waals surface area contributed by atoms with E-state index in [0.29, 0.717) is 22.6 Å². The van der Waals surface area contributed by atoms with E-state index in [1.165, 1.54) is 22.5 Å². The van der Waals surface area contributed by atoms with Crippen LogP contribution in [0.25, 0.3) is 10.2 Å². The Balaban J connectivity index is 1.62. The molecule has 0 aliphatic rings. The zero-order chi connectivity index (χ0) is 24.5. The maximum atomic E-state index is 12.9. The van der Waals surface area contributed by atoms with Crippen molar-refractivity contribution >= 4 is 43.2 Å². The molecule has 0 atom stereocenters. The summed E-state index contributed by atoms with van der Waals surface area (Å²) in [6.07, 6.45) is 1.78. The average Bonchev–Trinajstić information content (AvgIpc) is 3.10. The Morgan fingerprint density at radius 3 is 2.32 bits per heavy atom. The molecule has 0 bridgehead atoms. The number of aryl methyl sites for hydroxylation is 3. The molecule has 0 saturated heterocycles. The van der Waals surface area contributed by atoms with Crippen molar-refractivity contribution in [2.75, 3.05) is 4.72 Å². The predicted octanol–water partition coefficient (Wildman–Crippen LogP) is 5.36. The minimum absolute atomic E-state index is 0.176. The van der Waals surface area contributed by atoms with E-state index < -0.39 is 15.9 Å². The molecule has 0 aliphatic carbocycles.